The van der Waals surface area contributed by atoms with Crippen molar-refractivity contribution < 1.29 is 31.9 Å². The minimum Gasteiger partial charge on any atom is -0.484 e. The van der Waals surface area contributed by atoms with Gasteiger partial charge in [0.25, 0.3) is 10.0 Å². The zero-order valence-electron chi connectivity index (χ0n) is 18.6. The summed E-state index contributed by atoms with van der Waals surface area (Å²) in [4.78, 5) is 23.5. The van der Waals surface area contributed by atoms with Crippen molar-refractivity contribution >= 4 is 33.4 Å². The predicted molar refractivity (Wildman–Crippen MR) is 123 cm³/mol. The Kier molecular flexibility index (Phi) is 6.92. The van der Waals surface area contributed by atoms with Crippen molar-refractivity contribution in [2.45, 2.75) is 49.7 Å². The molecule has 0 bridgehead atoms. The van der Waals surface area contributed by atoms with Gasteiger partial charge >= 0.3 is 6.09 Å². The molecule has 0 radical (unpaired) electrons. The lowest BCUT2D eigenvalue weighted by atomic mass is 10.2. The number of hydrogen-bond donors (Lipinski definition) is 2. The van der Waals surface area contributed by atoms with Crippen LogP contribution in [0.15, 0.2) is 47.4 Å². The van der Waals surface area contributed by atoms with Crippen molar-refractivity contribution in [1.82, 2.24) is 5.32 Å². The number of anilines is 2. The van der Waals surface area contributed by atoms with E-state index < -0.39 is 28.0 Å². The van der Waals surface area contributed by atoms with Crippen LogP contribution in [-0.4, -0.2) is 45.7 Å². The zero-order chi connectivity index (χ0) is 24.3. The first-order chi connectivity index (χ1) is 16.2. The predicted octanol–water partition coefficient (Wildman–Crippen LogP) is 3.41. The standard InChI is InChI=1S/C23H26FN3O6S/c1-15(28)25-13-19-14-27(34(30,31)20-9-6-16(24)7-10-20)21-12-17(8-11-22(21)32-19)26-23(29)33-18-4-2-3-5-18/h6-12,18-19H,2-5,13-14H2,1H3,(H,25,28)(H,26,29)/t19-/m0/s1. The van der Waals surface area contributed by atoms with Crippen molar-refractivity contribution in [1.29, 1.82) is 0 Å². The van der Waals surface area contributed by atoms with Crippen LogP contribution in [0.4, 0.5) is 20.6 Å². The number of amides is 2. The summed E-state index contributed by atoms with van der Waals surface area (Å²) < 4.78 is 52.8. The highest BCUT2D eigenvalue weighted by Crippen LogP contribution is 2.39. The van der Waals surface area contributed by atoms with Gasteiger partial charge in [-0.2, -0.15) is 0 Å². The molecule has 1 heterocycles. The van der Waals surface area contributed by atoms with E-state index in [0.717, 1.165) is 42.1 Å². The van der Waals surface area contributed by atoms with Gasteiger partial charge in [0.1, 0.15) is 23.8 Å². The van der Waals surface area contributed by atoms with E-state index in [1.807, 2.05) is 0 Å². The lowest BCUT2D eigenvalue weighted by Crippen LogP contribution is -2.48. The second-order valence-corrected chi connectivity index (χ2v) is 10.1. The van der Waals surface area contributed by atoms with Crippen LogP contribution < -0.4 is 19.7 Å². The van der Waals surface area contributed by atoms with E-state index in [0.29, 0.717) is 5.69 Å². The van der Waals surface area contributed by atoms with Crippen LogP contribution in [0.3, 0.4) is 0 Å². The van der Waals surface area contributed by atoms with Gasteiger partial charge < -0.3 is 14.8 Å². The third-order valence-corrected chi connectivity index (χ3v) is 7.49. The summed E-state index contributed by atoms with van der Waals surface area (Å²) in [5.41, 5.74) is 0.548. The molecule has 2 aliphatic rings. The van der Waals surface area contributed by atoms with Crippen molar-refractivity contribution in [3.63, 3.8) is 0 Å². The second-order valence-electron chi connectivity index (χ2n) is 8.29. The van der Waals surface area contributed by atoms with Crippen LogP contribution >= 0.6 is 0 Å². The van der Waals surface area contributed by atoms with E-state index >= 15 is 0 Å². The van der Waals surface area contributed by atoms with Crippen LogP contribution in [0, 0.1) is 5.82 Å². The number of benzene rings is 2. The fraction of sp³-hybridized carbons (Fsp3) is 0.391. The zero-order valence-corrected chi connectivity index (χ0v) is 19.4. The van der Waals surface area contributed by atoms with Gasteiger partial charge in [-0.1, -0.05) is 0 Å². The first-order valence-electron chi connectivity index (χ1n) is 11.0. The second kappa shape index (κ2) is 9.88. The number of ether oxygens (including phenoxy) is 2. The third kappa shape index (κ3) is 5.41. The number of rotatable bonds is 6. The van der Waals surface area contributed by atoms with Crippen LogP contribution in [0.1, 0.15) is 32.6 Å². The van der Waals surface area contributed by atoms with Crippen LogP contribution in [0.5, 0.6) is 5.75 Å². The van der Waals surface area contributed by atoms with Gasteiger partial charge in [-0.25, -0.2) is 17.6 Å². The molecule has 0 saturated heterocycles. The summed E-state index contributed by atoms with van der Waals surface area (Å²) >= 11 is 0. The summed E-state index contributed by atoms with van der Waals surface area (Å²) in [5, 5.41) is 5.27. The van der Waals surface area contributed by atoms with Crippen LogP contribution in [-0.2, 0) is 19.6 Å². The van der Waals surface area contributed by atoms with Crippen molar-refractivity contribution in [3.8, 4) is 5.75 Å². The molecule has 1 saturated carbocycles. The molecule has 2 N–H and O–H groups in total. The quantitative estimate of drug-likeness (QED) is 0.640. The molecule has 0 aromatic heterocycles. The Morgan fingerprint density at radius 1 is 1.15 bits per heavy atom. The molecule has 2 aromatic rings. The average Bonchev–Trinajstić information content (AvgIpc) is 3.30. The molecule has 34 heavy (non-hydrogen) atoms. The Balaban J connectivity index is 1.62. The fourth-order valence-electron chi connectivity index (χ4n) is 4.02. The highest BCUT2D eigenvalue weighted by molar-refractivity contribution is 7.92. The highest BCUT2D eigenvalue weighted by atomic mass is 32.2. The molecule has 11 heteroatoms. The smallest absolute Gasteiger partial charge is 0.411 e. The van der Waals surface area contributed by atoms with Gasteiger partial charge in [0.2, 0.25) is 5.91 Å². The SMILES string of the molecule is CC(=O)NC[C@H]1CN(S(=O)(=O)c2ccc(F)cc2)c2cc(NC(=O)OC3CCCC3)ccc2O1. The van der Waals surface area contributed by atoms with Crippen molar-refractivity contribution in [2.75, 3.05) is 22.7 Å². The molecular formula is C23H26FN3O6S. The average molecular weight is 492 g/mol. The van der Waals surface area contributed by atoms with E-state index in [9.17, 15) is 22.4 Å². The minimum atomic E-state index is -4.10. The number of sulfonamides is 1. The monoisotopic (exact) mass is 491 g/mol. The normalized spacial score (nSPS) is 18.1. The lowest BCUT2D eigenvalue weighted by molar-refractivity contribution is -0.119. The van der Waals surface area contributed by atoms with Gasteiger partial charge in [0.05, 0.1) is 23.7 Å². The molecule has 1 aliphatic heterocycles. The van der Waals surface area contributed by atoms with Crippen molar-refractivity contribution in [3.05, 3.63) is 48.3 Å². The van der Waals surface area contributed by atoms with Crippen molar-refractivity contribution in [2.24, 2.45) is 0 Å². The molecule has 182 valence electrons. The molecule has 1 fully saturated rings. The van der Waals surface area contributed by atoms with Gasteiger partial charge in [0, 0.05) is 12.6 Å². The van der Waals surface area contributed by atoms with Gasteiger partial charge in [-0.05, 0) is 68.1 Å². The molecule has 9 nitrogen and oxygen atoms in total. The number of carbonyl (C=O) groups excluding carboxylic acids is 2. The number of fused-ring (bicyclic) bond motifs is 1. The maximum Gasteiger partial charge on any atom is 0.411 e. The molecular weight excluding hydrogens is 465 g/mol. The van der Waals surface area contributed by atoms with E-state index in [1.54, 1.807) is 12.1 Å². The summed E-state index contributed by atoms with van der Waals surface area (Å²) in [7, 11) is -4.10. The Bertz CT molecular complexity index is 1170. The Labute approximate surface area is 197 Å². The minimum absolute atomic E-state index is 0.0943. The Morgan fingerprint density at radius 3 is 2.53 bits per heavy atom. The maximum atomic E-state index is 13.5. The number of hydrogen-bond acceptors (Lipinski definition) is 6. The summed E-state index contributed by atoms with van der Waals surface area (Å²) in [6.45, 7) is 1.35. The molecule has 0 unspecified atom stereocenters. The molecule has 0 spiro atoms. The number of nitrogens with zero attached hydrogens (tertiary/aromatic N) is 1. The first kappa shape index (κ1) is 23.8. The fourth-order valence-corrected chi connectivity index (χ4v) is 5.52. The van der Waals surface area contributed by atoms with Gasteiger partial charge in [0.15, 0.2) is 0 Å². The Morgan fingerprint density at radius 2 is 1.85 bits per heavy atom. The molecule has 2 aromatic carbocycles. The third-order valence-electron chi connectivity index (χ3n) is 5.69. The largest absolute Gasteiger partial charge is 0.484 e. The van der Waals surface area contributed by atoms with Gasteiger partial charge in [-0.15, -0.1) is 0 Å². The summed E-state index contributed by atoms with van der Waals surface area (Å²) in [6.07, 6.45) is 2.30. The van der Waals surface area contributed by atoms with E-state index in [2.05, 4.69) is 10.6 Å². The summed E-state index contributed by atoms with van der Waals surface area (Å²) in [5.74, 6) is -0.568. The highest BCUT2D eigenvalue weighted by Gasteiger charge is 2.35. The molecule has 4 rings (SSSR count). The van der Waals surface area contributed by atoms with E-state index in [4.69, 9.17) is 9.47 Å². The maximum absolute atomic E-state index is 13.5. The summed E-state index contributed by atoms with van der Waals surface area (Å²) in [6, 6.07) is 9.13. The molecule has 1 atom stereocenters. The number of halogens is 1. The Hall–Kier alpha value is -3.34. The van der Waals surface area contributed by atoms with Crippen LogP contribution in [0.25, 0.3) is 0 Å². The van der Waals surface area contributed by atoms with E-state index in [-0.39, 0.29) is 41.4 Å². The van der Waals surface area contributed by atoms with Crippen LogP contribution in [0.2, 0.25) is 0 Å². The molecule has 1 aliphatic carbocycles. The number of carbonyl (C=O) groups is 2. The topological polar surface area (TPSA) is 114 Å². The lowest BCUT2D eigenvalue weighted by Gasteiger charge is -2.35. The van der Waals surface area contributed by atoms with E-state index in [1.165, 1.54) is 25.1 Å². The van der Waals surface area contributed by atoms with Gasteiger partial charge in [-0.3, -0.25) is 14.4 Å². The molecule has 2 amide bonds. The first-order valence-corrected chi connectivity index (χ1v) is 12.5. The number of nitrogens with one attached hydrogen (secondary N) is 2.